The second kappa shape index (κ2) is 3.41. The van der Waals surface area contributed by atoms with E-state index in [0.29, 0.717) is 0 Å². The summed E-state index contributed by atoms with van der Waals surface area (Å²) >= 11 is 0. The topological polar surface area (TPSA) is 66.8 Å². The molecule has 0 rings (SSSR count). The lowest BCUT2D eigenvalue weighted by Crippen LogP contribution is -2.52. The molecule has 1 atom stereocenters. The lowest BCUT2D eigenvalue weighted by Gasteiger charge is -2.35. The fourth-order valence-electron chi connectivity index (χ4n) is 0.808. The highest BCUT2D eigenvalue weighted by atomic mass is 16.6. The van der Waals surface area contributed by atoms with Gasteiger partial charge in [0.25, 0.3) is 5.79 Å². The summed E-state index contributed by atoms with van der Waals surface area (Å²) in [7, 11) is 0. The van der Waals surface area contributed by atoms with E-state index in [1.165, 1.54) is 0 Å². The molecule has 0 heterocycles. The van der Waals surface area contributed by atoms with Crippen LogP contribution >= 0.6 is 0 Å². The third kappa shape index (κ3) is 1.95. The lowest BCUT2D eigenvalue weighted by atomic mass is 9.85. The van der Waals surface area contributed by atoms with Crippen molar-refractivity contribution >= 4 is 5.97 Å². The summed E-state index contributed by atoms with van der Waals surface area (Å²) in [5.41, 5.74) is -0.838. The van der Waals surface area contributed by atoms with E-state index in [0.717, 1.165) is 0 Å². The molecular weight excluding hydrogens is 160 g/mol. The second-order valence-corrected chi connectivity index (χ2v) is 3.63. The summed E-state index contributed by atoms with van der Waals surface area (Å²) in [5.74, 6) is -3.45. The monoisotopic (exact) mass is 176 g/mol. The van der Waals surface area contributed by atoms with E-state index in [1.807, 2.05) is 0 Å². The van der Waals surface area contributed by atoms with Crippen molar-refractivity contribution in [2.24, 2.45) is 5.41 Å². The molecule has 0 fully saturated rings. The van der Waals surface area contributed by atoms with Crippen LogP contribution in [0.3, 0.4) is 0 Å². The van der Waals surface area contributed by atoms with E-state index in [9.17, 15) is 9.90 Å². The molecule has 0 aromatic heterocycles. The van der Waals surface area contributed by atoms with Crippen molar-refractivity contribution in [2.75, 3.05) is 6.61 Å². The first-order chi connectivity index (χ1) is 5.25. The van der Waals surface area contributed by atoms with Gasteiger partial charge in [-0.15, -0.1) is 0 Å². The van der Waals surface area contributed by atoms with Gasteiger partial charge in [-0.25, -0.2) is 4.79 Å². The van der Waals surface area contributed by atoms with Crippen LogP contribution in [0.15, 0.2) is 0 Å². The minimum absolute atomic E-state index is 0.167. The Kier molecular flexibility index (Phi) is 3.24. The van der Waals surface area contributed by atoms with Crippen LogP contribution in [0.2, 0.25) is 0 Å². The molecule has 0 aromatic carbocycles. The normalized spacial score (nSPS) is 17.1. The SMILES string of the molecule is CCOC(O)(C(=O)O)C(C)(C)C. The summed E-state index contributed by atoms with van der Waals surface area (Å²) < 4.78 is 4.81. The highest BCUT2D eigenvalue weighted by molar-refractivity contribution is 5.76. The Morgan fingerprint density at radius 1 is 1.42 bits per heavy atom. The van der Waals surface area contributed by atoms with Crippen LogP contribution in [0.4, 0.5) is 0 Å². The van der Waals surface area contributed by atoms with Crippen LogP contribution in [0.25, 0.3) is 0 Å². The van der Waals surface area contributed by atoms with Gasteiger partial charge in [-0.1, -0.05) is 20.8 Å². The molecule has 0 radical (unpaired) electrons. The summed E-state index contributed by atoms with van der Waals surface area (Å²) in [4.78, 5) is 10.7. The highest BCUT2D eigenvalue weighted by Gasteiger charge is 2.48. The van der Waals surface area contributed by atoms with E-state index in [4.69, 9.17) is 9.84 Å². The Morgan fingerprint density at radius 3 is 1.92 bits per heavy atom. The van der Waals surface area contributed by atoms with Crippen molar-refractivity contribution in [3.63, 3.8) is 0 Å². The van der Waals surface area contributed by atoms with Crippen molar-refractivity contribution in [1.29, 1.82) is 0 Å². The molecule has 0 aliphatic rings. The van der Waals surface area contributed by atoms with Gasteiger partial charge in [0, 0.05) is 12.0 Å². The molecule has 1 unspecified atom stereocenters. The molecule has 0 spiro atoms. The number of carboxylic acids is 1. The molecule has 0 saturated heterocycles. The molecule has 4 heteroatoms. The fraction of sp³-hybridized carbons (Fsp3) is 0.875. The fourth-order valence-corrected chi connectivity index (χ4v) is 0.808. The summed E-state index contributed by atoms with van der Waals surface area (Å²) in [6, 6.07) is 0. The van der Waals surface area contributed by atoms with Crippen LogP contribution in [-0.2, 0) is 9.53 Å². The number of hydrogen-bond acceptors (Lipinski definition) is 3. The Labute approximate surface area is 72.2 Å². The maximum absolute atomic E-state index is 10.7. The molecule has 0 bridgehead atoms. The molecule has 12 heavy (non-hydrogen) atoms. The molecule has 0 amide bonds. The predicted octanol–water partition coefficient (Wildman–Crippen LogP) is 0.842. The number of rotatable bonds is 3. The minimum atomic E-state index is -2.10. The third-order valence-corrected chi connectivity index (χ3v) is 1.66. The van der Waals surface area contributed by atoms with E-state index >= 15 is 0 Å². The number of carboxylic acid groups (broad SMARTS) is 1. The molecule has 72 valence electrons. The molecule has 2 N–H and O–H groups in total. The molecule has 0 aliphatic carbocycles. The molecular formula is C8H16O4. The molecule has 0 saturated carbocycles. The van der Waals surface area contributed by atoms with Crippen molar-refractivity contribution in [3.8, 4) is 0 Å². The number of ether oxygens (including phenoxy) is 1. The van der Waals surface area contributed by atoms with Gasteiger partial charge in [0.2, 0.25) is 0 Å². The van der Waals surface area contributed by atoms with Crippen LogP contribution in [0, 0.1) is 5.41 Å². The van der Waals surface area contributed by atoms with E-state index in [2.05, 4.69) is 0 Å². The first kappa shape index (κ1) is 11.4. The number of aliphatic carboxylic acids is 1. The average molecular weight is 176 g/mol. The summed E-state index contributed by atoms with van der Waals surface area (Å²) in [6.07, 6.45) is 0. The quantitative estimate of drug-likeness (QED) is 0.625. The van der Waals surface area contributed by atoms with Crippen LogP contribution in [0.1, 0.15) is 27.7 Å². The number of carbonyl (C=O) groups is 1. The summed E-state index contributed by atoms with van der Waals surface area (Å²) in [5, 5.41) is 18.3. The van der Waals surface area contributed by atoms with Gasteiger partial charge in [-0.05, 0) is 6.92 Å². The van der Waals surface area contributed by atoms with Gasteiger partial charge < -0.3 is 14.9 Å². The van der Waals surface area contributed by atoms with Gasteiger partial charge in [0.15, 0.2) is 0 Å². The highest BCUT2D eigenvalue weighted by Crippen LogP contribution is 2.31. The Hall–Kier alpha value is -0.610. The predicted molar refractivity (Wildman–Crippen MR) is 43.7 cm³/mol. The zero-order valence-corrected chi connectivity index (χ0v) is 7.92. The van der Waals surface area contributed by atoms with Crippen molar-refractivity contribution < 1.29 is 19.7 Å². The van der Waals surface area contributed by atoms with Crippen LogP contribution in [-0.4, -0.2) is 28.6 Å². The Morgan fingerprint density at radius 2 is 1.83 bits per heavy atom. The van der Waals surface area contributed by atoms with E-state index in [1.54, 1.807) is 27.7 Å². The largest absolute Gasteiger partial charge is 0.477 e. The smallest absolute Gasteiger partial charge is 0.364 e. The van der Waals surface area contributed by atoms with Gasteiger partial charge in [-0.3, -0.25) is 0 Å². The minimum Gasteiger partial charge on any atom is -0.477 e. The second-order valence-electron chi connectivity index (χ2n) is 3.63. The standard InChI is InChI=1S/C8H16O4/c1-5-12-8(11,6(9)10)7(2,3)4/h11H,5H2,1-4H3,(H,9,10). The number of aliphatic hydroxyl groups is 1. The number of hydrogen-bond donors (Lipinski definition) is 2. The first-order valence-corrected chi connectivity index (χ1v) is 3.85. The van der Waals surface area contributed by atoms with Crippen molar-refractivity contribution in [2.45, 2.75) is 33.5 Å². The molecule has 4 nitrogen and oxygen atoms in total. The first-order valence-electron chi connectivity index (χ1n) is 3.85. The summed E-state index contributed by atoms with van der Waals surface area (Å²) in [6.45, 7) is 6.63. The Bertz CT molecular complexity index is 170. The van der Waals surface area contributed by atoms with E-state index in [-0.39, 0.29) is 6.61 Å². The zero-order valence-electron chi connectivity index (χ0n) is 7.92. The van der Waals surface area contributed by atoms with Gasteiger partial charge >= 0.3 is 5.97 Å². The zero-order chi connectivity index (χ0) is 9.99. The maximum Gasteiger partial charge on any atom is 0.364 e. The van der Waals surface area contributed by atoms with Crippen LogP contribution in [0.5, 0.6) is 0 Å². The average Bonchev–Trinajstić information content (AvgIpc) is 1.85. The molecule has 0 aliphatic heterocycles. The maximum atomic E-state index is 10.7. The molecule has 0 aromatic rings. The van der Waals surface area contributed by atoms with Crippen molar-refractivity contribution in [1.82, 2.24) is 0 Å². The lowest BCUT2D eigenvalue weighted by molar-refractivity contribution is -0.259. The van der Waals surface area contributed by atoms with Gasteiger partial charge in [0.05, 0.1) is 0 Å². The third-order valence-electron chi connectivity index (χ3n) is 1.66. The van der Waals surface area contributed by atoms with Gasteiger partial charge in [-0.2, -0.15) is 0 Å². The van der Waals surface area contributed by atoms with Crippen molar-refractivity contribution in [3.05, 3.63) is 0 Å². The van der Waals surface area contributed by atoms with Crippen LogP contribution < -0.4 is 0 Å². The Balaban J connectivity index is 4.75. The van der Waals surface area contributed by atoms with Gasteiger partial charge in [0.1, 0.15) is 0 Å². The van der Waals surface area contributed by atoms with E-state index < -0.39 is 17.2 Å².